The van der Waals surface area contributed by atoms with Gasteiger partial charge in [-0.3, -0.25) is 0 Å². The number of fused-ring (bicyclic) bond motifs is 1. The molecule has 0 aliphatic heterocycles. The molecule has 0 aliphatic carbocycles. The zero-order chi connectivity index (χ0) is 14.9. The highest BCUT2D eigenvalue weighted by Gasteiger charge is 2.12. The molecule has 0 radical (unpaired) electrons. The van der Waals surface area contributed by atoms with Crippen molar-refractivity contribution in [2.24, 2.45) is 0 Å². The van der Waals surface area contributed by atoms with Crippen LogP contribution in [0.4, 0.5) is 0 Å². The van der Waals surface area contributed by atoms with Crippen molar-refractivity contribution in [2.75, 3.05) is 0 Å². The second kappa shape index (κ2) is 5.96. The van der Waals surface area contributed by atoms with Gasteiger partial charge >= 0.3 is 0 Å². The number of halogens is 1. The number of thiazole rings is 1. The highest BCUT2D eigenvalue weighted by molar-refractivity contribution is 8.02. The van der Waals surface area contributed by atoms with Gasteiger partial charge in [-0.05, 0) is 23.9 Å². The van der Waals surface area contributed by atoms with Crippen molar-refractivity contribution < 1.29 is 0 Å². The van der Waals surface area contributed by atoms with E-state index in [0.717, 1.165) is 29.5 Å². The first-order chi connectivity index (χ1) is 10.8. The molecule has 0 atom stereocenters. The van der Waals surface area contributed by atoms with E-state index in [1.54, 1.807) is 22.7 Å². The van der Waals surface area contributed by atoms with Gasteiger partial charge in [-0.15, -0.1) is 21.5 Å². The Balaban J connectivity index is 1.63. The second-order valence-electron chi connectivity index (χ2n) is 4.41. The van der Waals surface area contributed by atoms with Gasteiger partial charge < -0.3 is 0 Å². The molecule has 0 N–H and O–H groups in total. The highest BCUT2D eigenvalue weighted by atomic mass is 35.5. The molecule has 0 fully saturated rings. The maximum atomic E-state index is 6.17. The Morgan fingerprint density at radius 3 is 2.55 bits per heavy atom. The topological polar surface area (TPSA) is 38.7 Å². The third-order valence-electron chi connectivity index (χ3n) is 2.95. The van der Waals surface area contributed by atoms with Gasteiger partial charge in [-0.2, -0.15) is 0 Å². The molecular weight excluding hydrogens is 354 g/mol. The van der Waals surface area contributed by atoms with Crippen LogP contribution in [0.1, 0.15) is 0 Å². The Hall–Kier alpha value is -1.47. The lowest BCUT2D eigenvalue weighted by atomic mass is 10.2. The van der Waals surface area contributed by atoms with E-state index < -0.39 is 0 Å². The maximum Gasteiger partial charge on any atom is 0.181 e. The van der Waals surface area contributed by atoms with Crippen LogP contribution < -0.4 is 0 Å². The van der Waals surface area contributed by atoms with Crippen molar-refractivity contribution in [3.8, 4) is 10.6 Å². The molecule has 0 bridgehead atoms. The summed E-state index contributed by atoms with van der Waals surface area (Å²) in [7, 11) is 0. The molecule has 2 heterocycles. The Morgan fingerprint density at radius 1 is 0.864 bits per heavy atom. The average Bonchev–Trinajstić information content (AvgIpc) is 3.16. The maximum absolute atomic E-state index is 6.17. The fourth-order valence-electron chi connectivity index (χ4n) is 1.96. The van der Waals surface area contributed by atoms with Crippen LogP contribution in [0.15, 0.2) is 57.2 Å². The molecule has 2 aromatic carbocycles. The van der Waals surface area contributed by atoms with E-state index in [2.05, 4.69) is 15.2 Å². The van der Waals surface area contributed by atoms with Crippen LogP contribution >= 0.6 is 46.0 Å². The molecule has 4 aromatic rings. The highest BCUT2D eigenvalue weighted by Crippen LogP contribution is 2.38. The average molecular weight is 362 g/mol. The molecule has 0 aliphatic rings. The molecule has 22 heavy (non-hydrogen) atoms. The predicted octanol–water partition coefficient (Wildman–Crippen LogP) is 5.62. The Bertz CT molecular complexity index is 934. The third kappa shape index (κ3) is 2.75. The number of para-hydroxylation sites is 1. The number of benzene rings is 2. The van der Waals surface area contributed by atoms with Gasteiger partial charge in [0.25, 0.3) is 0 Å². The predicted molar refractivity (Wildman–Crippen MR) is 94.1 cm³/mol. The lowest BCUT2D eigenvalue weighted by Gasteiger charge is -1.91. The fourth-order valence-corrected chi connectivity index (χ4v) is 5.38. The number of rotatable bonds is 3. The first kappa shape index (κ1) is 14.1. The first-order valence-electron chi connectivity index (χ1n) is 6.41. The van der Waals surface area contributed by atoms with Gasteiger partial charge in [0.2, 0.25) is 0 Å². The molecule has 0 spiro atoms. The summed E-state index contributed by atoms with van der Waals surface area (Å²) in [5, 5.41) is 10.1. The van der Waals surface area contributed by atoms with E-state index >= 15 is 0 Å². The summed E-state index contributed by atoms with van der Waals surface area (Å²) >= 11 is 10.9. The van der Waals surface area contributed by atoms with Crippen molar-refractivity contribution in [3.05, 3.63) is 53.6 Å². The standard InChI is InChI=1S/C15H8ClN3S3/c16-10-7-4-8-11-12(10)17-14(20-11)22-15-19-18-13(21-15)9-5-2-1-3-6-9/h1-8H. The molecule has 0 saturated carbocycles. The number of nitrogens with zero attached hydrogens (tertiary/aromatic N) is 3. The molecule has 0 unspecified atom stereocenters. The van der Waals surface area contributed by atoms with Crippen LogP contribution in [0.3, 0.4) is 0 Å². The van der Waals surface area contributed by atoms with Crippen LogP contribution in [0.2, 0.25) is 5.02 Å². The summed E-state index contributed by atoms with van der Waals surface area (Å²) in [6.45, 7) is 0. The van der Waals surface area contributed by atoms with Gasteiger partial charge in [-0.1, -0.05) is 59.3 Å². The van der Waals surface area contributed by atoms with E-state index in [0.29, 0.717) is 5.02 Å². The Morgan fingerprint density at radius 2 is 1.73 bits per heavy atom. The Labute approximate surface area is 144 Å². The van der Waals surface area contributed by atoms with Crippen LogP contribution in [0.25, 0.3) is 20.8 Å². The van der Waals surface area contributed by atoms with Crippen LogP contribution in [0.5, 0.6) is 0 Å². The van der Waals surface area contributed by atoms with Crippen molar-refractivity contribution in [3.63, 3.8) is 0 Å². The SMILES string of the molecule is Clc1cccc2sc(Sc3nnc(-c4ccccc4)s3)nc12. The third-order valence-corrected chi connectivity index (χ3v) is 6.36. The molecule has 2 aromatic heterocycles. The van der Waals surface area contributed by atoms with Gasteiger partial charge in [-0.25, -0.2) is 4.98 Å². The van der Waals surface area contributed by atoms with Gasteiger partial charge in [0, 0.05) is 5.56 Å². The molecule has 7 heteroatoms. The van der Waals surface area contributed by atoms with Crippen molar-refractivity contribution in [1.82, 2.24) is 15.2 Å². The summed E-state index contributed by atoms with van der Waals surface area (Å²) in [6, 6.07) is 15.9. The van der Waals surface area contributed by atoms with E-state index in [-0.39, 0.29) is 0 Å². The number of hydrogen-bond donors (Lipinski definition) is 0. The minimum Gasteiger partial charge on any atom is -0.228 e. The molecule has 0 saturated heterocycles. The van der Waals surface area contributed by atoms with Crippen LogP contribution in [-0.4, -0.2) is 15.2 Å². The lowest BCUT2D eigenvalue weighted by molar-refractivity contribution is 1.01. The summed E-state index contributed by atoms with van der Waals surface area (Å²) in [4.78, 5) is 4.58. The molecule has 108 valence electrons. The van der Waals surface area contributed by atoms with E-state index in [9.17, 15) is 0 Å². The number of hydrogen-bond acceptors (Lipinski definition) is 6. The quantitative estimate of drug-likeness (QED) is 0.474. The van der Waals surface area contributed by atoms with Crippen molar-refractivity contribution in [1.29, 1.82) is 0 Å². The summed E-state index contributed by atoms with van der Waals surface area (Å²) in [5.41, 5.74) is 1.93. The van der Waals surface area contributed by atoms with Crippen molar-refractivity contribution >= 4 is 56.3 Å². The number of aromatic nitrogens is 3. The minimum absolute atomic E-state index is 0.683. The zero-order valence-corrected chi connectivity index (χ0v) is 14.3. The molecule has 3 nitrogen and oxygen atoms in total. The van der Waals surface area contributed by atoms with Crippen molar-refractivity contribution in [2.45, 2.75) is 8.68 Å². The molecule has 4 rings (SSSR count). The second-order valence-corrected chi connectivity index (χ2v) is 8.32. The van der Waals surface area contributed by atoms with Gasteiger partial charge in [0.05, 0.1) is 9.72 Å². The van der Waals surface area contributed by atoms with E-state index in [1.165, 1.54) is 11.8 Å². The Kier molecular flexibility index (Phi) is 3.83. The van der Waals surface area contributed by atoms with Crippen LogP contribution in [-0.2, 0) is 0 Å². The van der Waals surface area contributed by atoms with E-state index in [1.807, 2.05) is 48.5 Å². The summed E-state index contributed by atoms with van der Waals surface area (Å²) in [6.07, 6.45) is 0. The van der Waals surface area contributed by atoms with Crippen LogP contribution in [0, 0.1) is 0 Å². The monoisotopic (exact) mass is 361 g/mol. The van der Waals surface area contributed by atoms with Gasteiger partial charge in [0.1, 0.15) is 10.5 Å². The molecular formula is C15H8ClN3S3. The zero-order valence-electron chi connectivity index (χ0n) is 11.1. The fraction of sp³-hybridized carbons (Fsp3) is 0. The largest absolute Gasteiger partial charge is 0.228 e. The first-order valence-corrected chi connectivity index (χ1v) is 9.24. The van der Waals surface area contributed by atoms with E-state index in [4.69, 9.17) is 11.6 Å². The minimum atomic E-state index is 0.683. The lowest BCUT2D eigenvalue weighted by Crippen LogP contribution is -1.75. The smallest absolute Gasteiger partial charge is 0.181 e. The van der Waals surface area contributed by atoms with Gasteiger partial charge in [0.15, 0.2) is 8.68 Å². The summed E-state index contributed by atoms with van der Waals surface area (Å²) in [5.74, 6) is 0. The molecule has 0 amide bonds. The normalized spacial score (nSPS) is 11.1. The summed E-state index contributed by atoms with van der Waals surface area (Å²) < 4.78 is 2.90.